The highest BCUT2D eigenvalue weighted by molar-refractivity contribution is 6.00. The van der Waals surface area contributed by atoms with Crippen LogP contribution in [0.25, 0.3) is 10.9 Å². The predicted octanol–water partition coefficient (Wildman–Crippen LogP) is 3.02. The number of rotatable bonds is 3. The van der Waals surface area contributed by atoms with Crippen molar-refractivity contribution in [3.05, 3.63) is 65.9 Å². The standard InChI is InChI=1S/C21H21N3O2/c1-14-3-7-18(8-4-14)24-13-17(12-20(24)25)22-21(26)16-6-5-15-9-10-23(2)19(15)11-16/h3-11,17H,12-13H2,1-2H3,(H,22,26). The molecule has 2 amide bonds. The summed E-state index contributed by atoms with van der Waals surface area (Å²) in [6.07, 6.45) is 2.30. The van der Waals surface area contributed by atoms with Gasteiger partial charge < -0.3 is 14.8 Å². The maximum absolute atomic E-state index is 12.6. The first-order valence-corrected chi connectivity index (χ1v) is 8.74. The lowest BCUT2D eigenvalue weighted by molar-refractivity contribution is -0.117. The molecule has 2 heterocycles. The van der Waals surface area contributed by atoms with Crippen molar-refractivity contribution in [2.75, 3.05) is 11.4 Å². The molecule has 1 atom stereocenters. The number of carbonyl (C=O) groups is 2. The van der Waals surface area contributed by atoms with Crippen LogP contribution >= 0.6 is 0 Å². The fourth-order valence-electron chi connectivity index (χ4n) is 3.45. The van der Waals surface area contributed by atoms with Crippen LogP contribution in [0.3, 0.4) is 0 Å². The number of carbonyl (C=O) groups excluding carboxylic acids is 2. The van der Waals surface area contributed by atoms with Gasteiger partial charge in [-0.1, -0.05) is 23.8 Å². The summed E-state index contributed by atoms with van der Waals surface area (Å²) < 4.78 is 1.99. The molecular weight excluding hydrogens is 326 g/mol. The lowest BCUT2D eigenvalue weighted by atomic mass is 10.1. The maximum Gasteiger partial charge on any atom is 0.251 e. The van der Waals surface area contributed by atoms with E-state index in [1.807, 2.05) is 73.3 Å². The summed E-state index contributed by atoms with van der Waals surface area (Å²) >= 11 is 0. The summed E-state index contributed by atoms with van der Waals surface area (Å²) in [7, 11) is 1.96. The van der Waals surface area contributed by atoms with Gasteiger partial charge >= 0.3 is 0 Å². The van der Waals surface area contributed by atoms with Gasteiger partial charge in [0.25, 0.3) is 5.91 Å². The van der Waals surface area contributed by atoms with Gasteiger partial charge in [0, 0.05) is 43.0 Å². The Morgan fingerprint density at radius 1 is 1.12 bits per heavy atom. The first-order chi connectivity index (χ1) is 12.5. The minimum Gasteiger partial charge on any atom is -0.351 e. The number of amides is 2. The second-order valence-corrected chi connectivity index (χ2v) is 6.91. The van der Waals surface area contributed by atoms with E-state index in [0.29, 0.717) is 18.5 Å². The topological polar surface area (TPSA) is 54.3 Å². The molecule has 5 heteroatoms. The van der Waals surface area contributed by atoms with Crippen LogP contribution in [0.5, 0.6) is 0 Å². The Bertz CT molecular complexity index is 988. The van der Waals surface area contributed by atoms with Gasteiger partial charge in [-0.3, -0.25) is 9.59 Å². The predicted molar refractivity (Wildman–Crippen MR) is 102 cm³/mol. The van der Waals surface area contributed by atoms with Crippen LogP contribution in [0.1, 0.15) is 22.3 Å². The number of benzene rings is 2. The summed E-state index contributed by atoms with van der Waals surface area (Å²) in [4.78, 5) is 26.7. The number of nitrogens with one attached hydrogen (secondary N) is 1. The molecule has 0 radical (unpaired) electrons. The van der Waals surface area contributed by atoms with Gasteiger partial charge in [0.05, 0.1) is 6.04 Å². The Morgan fingerprint density at radius 3 is 2.65 bits per heavy atom. The molecule has 0 bridgehead atoms. The quantitative estimate of drug-likeness (QED) is 0.792. The smallest absolute Gasteiger partial charge is 0.251 e. The zero-order chi connectivity index (χ0) is 18.3. The Kier molecular flexibility index (Phi) is 3.99. The molecule has 2 aromatic carbocycles. The highest BCUT2D eigenvalue weighted by Gasteiger charge is 2.31. The molecule has 1 saturated heterocycles. The second-order valence-electron chi connectivity index (χ2n) is 6.91. The summed E-state index contributed by atoms with van der Waals surface area (Å²) in [5, 5.41) is 4.10. The van der Waals surface area contributed by atoms with Crippen LogP contribution in [0.2, 0.25) is 0 Å². The molecule has 1 fully saturated rings. The Hall–Kier alpha value is -3.08. The number of fused-ring (bicyclic) bond motifs is 1. The fraction of sp³-hybridized carbons (Fsp3) is 0.238. The fourth-order valence-corrected chi connectivity index (χ4v) is 3.45. The molecule has 1 aliphatic heterocycles. The molecule has 0 spiro atoms. The number of aromatic nitrogens is 1. The average Bonchev–Trinajstić information content (AvgIpc) is 3.18. The molecule has 1 unspecified atom stereocenters. The lowest BCUT2D eigenvalue weighted by Gasteiger charge is -2.17. The monoisotopic (exact) mass is 347 g/mol. The van der Waals surface area contributed by atoms with Crippen LogP contribution in [-0.2, 0) is 11.8 Å². The van der Waals surface area contributed by atoms with E-state index in [2.05, 4.69) is 5.32 Å². The highest BCUT2D eigenvalue weighted by Crippen LogP contribution is 2.22. The molecule has 4 rings (SSSR count). The van der Waals surface area contributed by atoms with Crippen molar-refractivity contribution in [2.24, 2.45) is 7.05 Å². The van der Waals surface area contributed by atoms with E-state index in [-0.39, 0.29) is 17.9 Å². The van der Waals surface area contributed by atoms with Gasteiger partial charge in [-0.05, 0) is 42.6 Å². The normalized spacial score (nSPS) is 17.1. The first kappa shape index (κ1) is 16.4. The molecule has 3 aromatic rings. The molecular formula is C21H21N3O2. The minimum atomic E-state index is -0.180. The first-order valence-electron chi connectivity index (χ1n) is 8.74. The minimum absolute atomic E-state index is 0.0389. The van der Waals surface area contributed by atoms with Gasteiger partial charge in [0.15, 0.2) is 0 Å². The van der Waals surface area contributed by atoms with Crippen molar-refractivity contribution >= 4 is 28.4 Å². The zero-order valence-electron chi connectivity index (χ0n) is 14.9. The Labute approximate surface area is 152 Å². The number of hydrogen-bond acceptors (Lipinski definition) is 2. The van der Waals surface area contributed by atoms with Crippen molar-refractivity contribution in [3.8, 4) is 0 Å². The van der Waals surface area contributed by atoms with Gasteiger partial charge in [-0.15, -0.1) is 0 Å². The van der Waals surface area contributed by atoms with E-state index in [0.717, 1.165) is 22.2 Å². The van der Waals surface area contributed by atoms with Crippen molar-refractivity contribution in [2.45, 2.75) is 19.4 Å². The number of nitrogens with zero attached hydrogens (tertiary/aromatic N) is 2. The van der Waals surface area contributed by atoms with Crippen molar-refractivity contribution < 1.29 is 9.59 Å². The lowest BCUT2D eigenvalue weighted by Crippen LogP contribution is -2.37. The maximum atomic E-state index is 12.6. The molecule has 1 aromatic heterocycles. The summed E-state index contributed by atoms with van der Waals surface area (Å²) in [6.45, 7) is 2.52. The molecule has 5 nitrogen and oxygen atoms in total. The SMILES string of the molecule is Cc1ccc(N2CC(NC(=O)c3ccc4ccn(C)c4c3)CC2=O)cc1. The molecule has 0 aliphatic carbocycles. The van der Waals surface area contributed by atoms with Gasteiger partial charge in [-0.25, -0.2) is 0 Å². The van der Waals surface area contributed by atoms with Crippen LogP contribution in [0, 0.1) is 6.92 Å². The largest absolute Gasteiger partial charge is 0.351 e. The van der Waals surface area contributed by atoms with E-state index in [1.165, 1.54) is 0 Å². The van der Waals surface area contributed by atoms with Crippen molar-refractivity contribution in [1.82, 2.24) is 9.88 Å². The van der Waals surface area contributed by atoms with Crippen molar-refractivity contribution in [3.63, 3.8) is 0 Å². The van der Waals surface area contributed by atoms with E-state index in [9.17, 15) is 9.59 Å². The third-order valence-corrected chi connectivity index (χ3v) is 4.96. The Morgan fingerprint density at radius 2 is 1.88 bits per heavy atom. The summed E-state index contributed by atoms with van der Waals surface area (Å²) in [6, 6.07) is 15.4. The van der Waals surface area contributed by atoms with E-state index in [4.69, 9.17) is 0 Å². The van der Waals surface area contributed by atoms with Crippen LogP contribution in [-0.4, -0.2) is 29.0 Å². The van der Waals surface area contributed by atoms with Crippen LogP contribution in [0.15, 0.2) is 54.7 Å². The van der Waals surface area contributed by atoms with E-state index in [1.54, 1.807) is 4.90 Å². The van der Waals surface area contributed by atoms with Gasteiger partial charge in [0.2, 0.25) is 5.91 Å². The third-order valence-electron chi connectivity index (χ3n) is 4.96. The second kappa shape index (κ2) is 6.33. The third kappa shape index (κ3) is 2.96. The molecule has 132 valence electrons. The Balaban J connectivity index is 1.48. The molecule has 26 heavy (non-hydrogen) atoms. The number of anilines is 1. The zero-order valence-corrected chi connectivity index (χ0v) is 14.9. The van der Waals surface area contributed by atoms with Crippen LogP contribution in [0.4, 0.5) is 5.69 Å². The number of aryl methyl sites for hydroxylation is 2. The van der Waals surface area contributed by atoms with Gasteiger partial charge in [0.1, 0.15) is 0 Å². The van der Waals surface area contributed by atoms with E-state index >= 15 is 0 Å². The van der Waals surface area contributed by atoms with Gasteiger partial charge in [-0.2, -0.15) is 0 Å². The van der Waals surface area contributed by atoms with E-state index < -0.39 is 0 Å². The molecule has 1 aliphatic rings. The average molecular weight is 347 g/mol. The summed E-state index contributed by atoms with van der Waals surface area (Å²) in [5.74, 6) is -0.103. The summed E-state index contributed by atoms with van der Waals surface area (Å²) in [5.41, 5.74) is 3.66. The van der Waals surface area contributed by atoms with Crippen molar-refractivity contribution in [1.29, 1.82) is 0 Å². The van der Waals surface area contributed by atoms with Crippen LogP contribution < -0.4 is 10.2 Å². The molecule has 0 saturated carbocycles. The number of hydrogen-bond donors (Lipinski definition) is 1. The molecule has 1 N–H and O–H groups in total. The highest BCUT2D eigenvalue weighted by atomic mass is 16.2.